The number of nitrogens with one attached hydrogen (secondary N) is 1. The third-order valence-electron chi connectivity index (χ3n) is 5.47. The number of benzene rings is 2. The Hall–Kier alpha value is -3.78. The molecule has 170 valence electrons. The number of primary amides is 1. The molecule has 3 N–H and O–H groups in total. The molecule has 4 aromatic rings. The lowest BCUT2D eigenvalue weighted by Crippen LogP contribution is -2.12. The number of rotatable bonds is 9. The summed E-state index contributed by atoms with van der Waals surface area (Å²) in [6.45, 7) is 3.11. The zero-order valence-corrected chi connectivity index (χ0v) is 19.6. The maximum absolute atomic E-state index is 12.1. The number of carbonyl (C=O) groups is 1. The topological polar surface area (TPSA) is 91.4 Å². The first-order valence-corrected chi connectivity index (χ1v) is 11.3. The lowest BCUT2D eigenvalue weighted by atomic mass is 10.2. The number of methoxy groups -OCH3 is 2. The molecule has 0 atom stereocenters. The molecule has 7 nitrogen and oxygen atoms in total. The van der Waals surface area contributed by atoms with Gasteiger partial charge < -0.3 is 25.1 Å². The van der Waals surface area contributed by atoms with Crippen molar-refractivity contribution in [3.63, 3.8) is 0 Å². The lowest BCUT2D eigenvalue weighted by Gasteiger charge is -2.13. The molecule has 4 rings (SSSR count). The average molecular weight is 463 g/mol. The van der Waals surface area contributed by atoms with E-state index in [4.69, 9.17) is 20.2 Å². The second kappa shape index (κ2) is 9.79. The van der Waals surface area contributed by atoms with Crippen molar-refractivity contribution in [2.45, 2.75) is 20.0 Å². The Bertz CT molecular complexity index is 1260. The van der Waals surface area contributed by atoms with Gasteiger partial charge in [0, 0.05) is 24.2 Å². The van der Waals surface area contributed by atoms with Gasteiger partial charge in [0.1, 0.15) is 0 Å². The Morgan fingerprint density at radius 3 is 2.52 bits per heavy atom. The quantitative estimate of drug-likeness (QED) is 0.376. The Morgan fingerprint density at radius 2 is 1.82 bits per heavy atom. The van der Waals surface area contributed by atoms with Crippen LogP contribution in [0.5, 0.6) is 11.5 Å². The van der Waals surface area contributed by atoms with Crippen LogP contribution in [-0.4, -0.2) is 29.7 Å². The summed E-state index contributed by atoms with van der Waals surface area (Å²) in [7, 11) is 3.22. The highest BCUT2D eigenvalue weighted by Gasteiger charge is 2.19. The fraction of sp³-hybridized carbons (Fsp3) is 0.200. The molecule has 2 aromatic carbocycles. The highest BCUT2D eigenvalue weighted by atomic mass is 32.1. The molecule has 0 spiro atoms. The number of aromatic nitrogens is 2. The molecule has 0 aliphatic carbocycles. The van der Waals surface area contributed by atoms with Crippen LogP contribution in [0.1, 0.15) is 27.2 Å². The van der Waals surface area contributed by atoms with Crippen molar-refractivity contribution >= 4 is 22.4 Å². The fourth-order valence-corrected chi connectivity index (χ4v) is 4.42. The van der Waals surface area contributed by atoms with Gasteiger partial charge in [0.15, 0.2) is 16.6 Å². The van der Waals surface area contributed by atoms with Gasteiger partial charge in [-0.1, -0.05) is 36.4 Å². The molecular formula is C25H26N4O3S. The van der Waals surface area contributed by atoms with Gasteiger partial charge in [-0.3, -0.25) is 4.79 Å². The summed E-state index contributed by atoms with van der Waals surface area (Å²) in [6.07, 6.45) is 0. The van der Waals surface area contributed by atoms with E-state index in [9.17, 15) is 4.79 Å². The van der Waals surface area contributed by atoms with E-state index in [-0.39, 0.29) is 0 Å². The summed E-state index contributed by atoms with van der Waals surface area (Å²) in [5.41, 5.74) is 10.7. The predicted octanol–water partition coefficient (Wildman–Crippen LogP) is 4.70. The van der Waals surface area contributed by atoms with Crippen LogP contribution in [-0.2, 0) is 13.1 Å². The van der Waals surface area contributed by atoms with E-state index in [0.29, 0.717) is 30.2 Å². The third-order valence-corrected chi connectivity index (χ3v) is 6.27. The van der Waals surface area contributed by atoms with E-state index < -0.39 is 5.91 Å². The van der Waals surface area contributed by atoms with Crippen LogP contribution < -0.4 is 20.5 Å². The molecular weight excluding hydrogens is 436 g/mol. The second-order valence-electron chi connectivity index (χ2n) is 7.55. The van der Waals surface area contributed by atoms with Crippen LogP contribution in [0.2, 0.25) is 0 Å². The fourth-order valence-electron chi connectivity index (χ4n) is 3.72. The number of nitrogens with zero attached hydrogens (tertiary/aromatic N) is 2. The van der Waals surface area contributed by atoms with Gasteiger partial charge in [0.05, 0.1) is 31.2 Å². The maximum atomic E-state index is 12.1. The highest BCUT2D eigenvalue weighted by molar-refractivity contribution is 7.14. The van der Waals surface area contributed by atoms with Gasteiger partial charge in [-0.2, -0.15) is 0 Å². The number of ether oxygens (including phenoxy) is 2. The van der Waals surface area contributed by atoms with Crippen LogP contribution in [0.3, 0.4) is 0 Å². The molecule has 2 aromatic heterocycles. The normalized spacial score (nSPS) is 10.8. The molecule has 0 aliphatic rings. The van der Waals surface area contributed by atoms with Crippen molar-refractivity contribution in [1.82, 2.24) is 9.55 Å². The minimum absolute atomic E-state index is 0.461. The molecule has 1 amide bonds. The second-order valence-corrected chi connectivity index (χ2v) is 8.40. The molecule has 0 aliphatic heterocycles. The number of nitrogens with two attached hydrogens (primary N) is 1. The zero-order valence-electron chi connectivity index (χ0n) is 18.8. The average Bonchev–Trinajstić information content (AvgIpc) is 3.43. The van der Waals surface area contributed by atoms with Crippen LogP contribution in [0, 0.1) is 6.92 Å². The molecule has 0 bridgehead atoms. The SMILES string of the molecule is COc1ccc(Cn2c(-c3csc(NCc4ccccc4)n3)cc(C(N)=O)c2C)cc1OC. The van der Waals surface area contributed by atoms with E-state index in [0.717, 1.165) is 27.8 Å². The summed E-state index contributed by atoms with van der Waals surface area (Å²) in [6, 6.07) is 17.7. The van der Waals surface area contributed by atoms with E-state index in [1.54, 1.807) is 14.2 Å². The van der Waals surface area contributed by atoms with Gasteiger partial charge >= 0.3 is 0 Å². The van der Waals surface area contributed by atoms with Crippen LogP contribution in [0.15, 0.2) is 60.0 Å². The molecule has 0 fully saturated rings. The van der Waals surface area contributed by atoms with Crippen LogP contribution >= 0.6 is 11.3 Å². The highest BCUT2D eigenvalue weighted by Crippen LogP contribution is 2.32. The molecule has 0 saturated carbocycles. The van der Waals surface area contributed by atoms with Crippen molar-refractivity contribution in [2.24, 2.45) is 5.73 Å². The van der Waals surface area contributed by atoms with Crippen LogP contribution in [0.4, 0.5) is 5.13 Å². The van der Waals surface area contributed by atoms with Crippen molar-refractivity contribution in [3.8, 4) is 22.9 Å². The summed E-state index contributed by atoms with van der Waals surface area (Å²) < 4.78 is 12.8. The first kappa shape index (κ1) is 22.4. The summed E-state index contributed by atoms with van der Waals surface area (Å²) >= 11 is 1.52. The Balaban J connectivity index is 1.64. The smallest absolute Gasteiger partial charge is 0.250 e. The summed E-state index contributed by atoms with van der Waals surface area (Å²) in [5, 5.41) is 6.16. The number of amides is 1. The van der Waals surface area contributed by atoms with Crippen LogP contribution in [0.25, 0.3) is 11.4 Å². The molecule has 0 unspecified atom stereocenters. The van der Waals surface area contributed by atoms with Gasteiger partial charge in [0.25, 0.3) is 5.91 Å². The molecule has 33 heavy (non-hydrogen) atoms. The molecule has 0 saturated heterocycles. The van der Waals surface area contributed by atoms with Crippen molar-refractivity contribution in [3.05, 3.63) is 82.4 Å². The van der Waals surface area contributed by atoms with Crippen molar-refractivity contribution < 1.29 is 14.3 Å². The Morgan fingerprint density at radius 1 is 1.06 bits per heavy atom. The molecule has 2 heterocycles. The van der Waals surface area contributed by atoms with E-state index in [1.807, 2.05) is 54.8 Å². The van der Waals surface area contributed by atoms with E-state index in [2.05, 4.69) is 22.0 Å². The third kappa shape index (κ3) is 4.85. The first-order chi connectivity index (χ1) is 16.0. The Kier molecular flexibility index (Phi) is 6.65. The van der Waals surface area contributed by atoms with Crippen molar-refractivity contribution in [2.75, 3.05) is 19.5 Å². The summed E-state index contributed by atoms with van der Waals surface area (Å²) in [5.74, 6) is 0.854. The van der Waals surface area contributed by atoms with Gasteiger partial charge in [-0.05, 0) is 36.2 Å². The number of hydrogen-bond donors (Lipinski definition) is 2. The largest absolute Gasteiger partial charge is 0.493 e. The van der Waals surface area contributed by atoms with Gasteiger partial charge in [0.2, 0.25) is 0 Å². The molecule has 8 heteroatoms. The van der Waals surface area contributed by atoms with Crippen molar-refractivity contribution in [1.29, 1.82) is 0 Å². The number of carbonyl (C=O) groups excluding carboxylic acids is 1. The van der Waals surface area contributed by atoms with Gasteiger partial charge in [-0.25, -0.2) is 4.98 Å². The minimum Gasteiger partial charge on any atom is -0.493 e. The molecule has 0 radical (unpaired) electrons. The minimum atomic E-state index is -0.461. The Labute approximate surface area is 196 Å². The monoisotopic (exact) mass is 462 g/mol. The number of thiazole rings is 1. The number of anilines is 1. The summed E-state index contributed by atoms with van der Waals surface area (Å²) in [4.78, 5) is 16.8. The van der Waals surface area contributed by atoms with E-state index in [1.165, 1.54) is 16.9 Å². The standard InChI is InChI=1S/C25H26N4O3S/c1-16-19(24(26)30)12-21(29(16)14-18-9-10-22(31-2)23(11-18)32-3)20-15-33-25(28-20)27-13-17-7-5-4-6-8-17/h4-12,15H,13-14H2,1-3H3,(H2,26,30)(H,27,28). The number of hydrogen-bond acceptors (Lipinski definition) is 6. The van der Waals surface area contributed by atoms with Gasteiger partial charge in [-0.15, -0.1) is 11.3 Å². The van der Waals surface area contributed by atoms with E-state index >= 15 is 0 Å². The zero-order chi connectivity index (χ0) is 23.4. The lowest BCUT2D eigenvalue weighted by molar-refractivity contribution is 0.0999. The maximum Gasteiger partial charge on any atom is 0.250 e. The predicted molar refractivity (Wildman–Crippen MR) is 131 cm³/mol. The first-order valence-electron chi connectivity index (χ1n) is 10.4.